The molecule has 1 aliphatic heterocycles. The third-order valence-electron chi connectivity index (χ3n) is 4.78. The molecule has 2 aromatic carbocycles. The first-order valence-electron chi connectivity index (χ1n) is 9.36. The Hall–Kier alpha value is -2.60. The third kappa shape index (κ3) is 5.20. The van der Waals surface area contributed by atoms with Crippen LogP contribution in [0.1, 0.15) is 26.7 Å². The molecule has 6 heteroatoms. The van der Waals surface area contributed by atoms with Gasteiger partial charge in [-0.25, -0.2) is 9.18 Å². The van der Waals surface area contributed by atoms with E-state index in [0.29, 0.717) is 11.8 Å². The van der Waals surface area contributed by atoms with Gasteiger partial charge in [0.2, 0.25) is 0 Å². The minimum atomic E-state index is -0.534. The Morgan fingerprint density at radius 3 is 2.48 bits per heavy atom. The Morgan fingerprint density at radius 2 is 1.81 bits per heavy atom. The highest BCUT2D eigenvalue weighted by atomic mass is 19.1. The number of carbonyl (C=O) groups excluding carboxylic acids is 1. The summed E-state index contributed by atoms with van der Waals surface area (Å²) in [6.45, 7) is 6.25. The van der Waals surface area contributed by atoms with E-state index in [1.165, 1.54) is 6.07 Å². The predicted octanol–water partition coefficient (Wildman–Crippen LogP) is 4.61. The van der Waals surface area contributed by atoms with Gasteiger partial charge in [0.15, 0.2) is 11.6 Å². The summed E-state index contributed by atoms with van der Waals surface area (Å²) in [6.07, 6.45) is 1.77. The van der Waals surface area contributed by atoms with Crippen LogP contribution in [0, 0.1) is 5.82 Å². The molecule has 27 heavy (non-hydrogen) atoms. The molecule has 5 nitrogen and oxygen atoms in total. The highest BCUT2D eigenvalue weighted by Crippen LogP contribution is 2.31. The molecule has 0 unspecified atom stereocenters. The number of amides is 2. The smallest absolute Gasteiger partial charge is 0.319 e. The van der Waals surface area contributed by atoms with E-state index in [-0.39, 0.29) is 17.5 Å². The number of nitrogens with zero attached hydrogens (tertiary/aromatic N) is 1. The number of ether oxygens (including phenoxy) is 1. The second-order valence-electron chi connectivity index (χ2n) is 7.03. The molecule has 0 saturated carbocycles. The quantitative estimate of drug-likeness (QED) is 0.807. The van der Waals surface area contributed by atoms with Gasteiger partial charge in [0.05, 0.1) is 0 Å². The molecule has 0 bridgehead atoms. The number of likely N-dealkylation sites (tertiary alicyclic amines) is 1. The zero-order valence-electron chi connectivity index (χ0n) is 15.7. The number of hydrogen-bond acceptors (Lipinski definition) is 3. The third-order valence-corrected chi connectivity index (χ3v) is 4.78. The maximum absolute atomic E-state index is 14.3. The van der Waals surface area contributed by atoms with Gasteiger partial charge < -0.3 is 20.3 Å². The van der Waals surface area contributed by atoms with Crippen LogP contribution in [0.5, 0.6) is 11.5 Å². The number of hydrogen-bond donors (Lipinski definition) is 2. The average molecular weight is 371 g/mol. The minimum absolute atomic E-state index is 0.0402. The molecule has 1 heterocycles. The average Bonchev–Trinajstić information content (AvgIpc) is 2.66. The van der Waals surface area contributed by atoms with Crippen LogP contribution in [-0.4, -0.2) is 36.1 Å². The van der Waals surface area contributed by atoms with Crippen LogP contribution < -0.4 is 15.4 Å². The summed E-state index contributed by atoms with van der Waals surface area (Å²) in [5.74, 6) is 0.312. The molecule has 1 fully saturated rings. The lowest BCUT2D eigenvalue weighted by atomic mass is 10.0. The molecule has 0 radical (unpaired) electrons. The van der Waals surface area contributed by atoms with Crippen molar-refractivity contribution < 1.29 is 13.9 Å². The first-order valence-corrected chi connectivity index (χ1v) is 9.36. The van der Waals surface area contributed by atoms with Gasteiger partial charge in [0, 0.05) is 25.2 Å². The second-order valence-corrected chi connectivity index (χ2v) is 7.03. The number of benzene rings is 2. The summed E-state index contributed by atoms with van der Waals surface area (Å²) in [5.41, 5.74) is 0.0402. The predicted molar refractivity (Wildman–Crippen MR) is 105 cm³/mol. The largest absolute Gasteiger partial charge is 0.455 e. The van der Waals surface area contributed by atoms with Crippen LogP contribution in [0.25, 0.3) is 0 Å². The molecule has 2 amide bonds. The van der Waals surface area contributed by atoms with Crippen LogP contribution in [0.2, 0.25) is 0 Å². The second kappa shape index (κ2) is 8.86. The van der Waals surface area contributed by atoms with Crippen LogP contribution in [0.15, 0.2) is 48.5 Å². The summed E-state index contributed by atoms with van der Waals surface area (Å²) >= 11 is 0. The molecule has 0 aliphatic carbocycles. The number of para-hydroxylation sites is 2. The van der Waals surface area contributed by atoms with E-state index in [9.17, 15) is 9.18 Å². The molecule has 1 aliphatic rings. The first-order chi connectivity index (χ1) is 13.0. The van der Waals surface area contributed by atoms with Gasteiger partial charge in [-0.2, -0.15) is 0 Å². The molecule has 2 N–H and O–H groups in total. The summed E-state index contributed by atoms with van der Waals surface area (Å²) in [6, 6.07) is 13.8. The highest BCUT2D eigenvalue weighted by molar-refractivity contribution is 5.91. The summed E-state index contributed by atoms with van der Waals surface area (Å²) in [4.78, 5) is 14.8. The number of halogens is 1. The minimum Gasteiger partial charge on any atom is -0.455 e. The lowest BCUT2D eigenvalue weighted by molar-refractivity contribution is 0.163. The van der Waals surface area contributed by atoms with E-state index in [4.69, 9.17) is 4.74 Å². The van der Waals surface area contributed by atoms with Crippen molar-refractivity contribution in [2.45, 2.75) is 38.8 Å². The van der Waals surface area contributed by atoms with Gasteiger partial charge in [0.1, 0.15) is 11.4 Å². The fraction of sp³-hybridized carbons (Fsp3) is 0.381. The van der Waals surface area contributed by atoms with Crippen molar-refractivity contribution in [2.75, 3.05) is 18.4 Å². The maximum Gasteiger partial charge on any atom is 0.319 e. The Morgan fingerprint density at radius 1 is 1.11 bits per heavy atom. The van der Waals surface area contributed by atoms with E-state index in [1.54, 1.807) is 24.3 Å². The lowest BCUT2D eigenvalue weighted by Crippen LogP contribution is -2.47. The van der Waals surface area contributed by atoms with E-state index in [1.807, 2.05) is 18.2 Å². The van der Waals surface area contributed by atoms with Crippen molar-refractivity contribution in [3.05, 3.63) is 54.3 Å². The number of anilines is 1. The number of carbonyl (C=O) groups is 1. The number of piperidine rings is 1. The topological polar surface area (TPSA) is 53.6 Å². The van der Waals surface area contributed by atoms with Gasteiger partial charge in [0.25, 0.3) is 0 Å². The molecule has 2 aromatic rings. The molecule has 3 rings (SSSR count). The van der Waals surface area contributed by atoms with Crippen molar-refractivity contribution in [1.29, 1.82) is 0 Å². The van der Waals surface area contributed by atoms with Crippen LogP contribution in [0.4, 0.5) is 14.9 Å². The molecule has 0 atom stereocenters. The SMILES string of the molecule is CC(C)N1CCC(NC(=O)Nc2c(F)cccc2Oc2ccccc2)CC1. The van der Waals surface area contributed by atoms with Crippen molar-refractivity contribution in [1.82, 2.24) is 10.2 Å². The molecule has 144 valence electrons. The van der Waals surface area contributed by atoms with Crippen LogP contribution >= 0.6 is 0 Å². The monoisotopic (exact) mass is 371 g/mol. The summed E-state index contributed by atoms with van der Waals surface area (Å²) in [7, 11) is 0. The van der Waals surface area contributed by atoms with Crippen LogP contribution in [-0.2, 0) is 0 Å². The van der Waals surface area contributed by atoms with E-state index >= 15 is 0 Å². The molecule has 0 spiro atoms. The van der Waals surface area contributed by atoms with Gasteiger partial charge >= 0.3 is 6.03 Å². The van der Waals surface area contributed by atoms with Crippen molar-refractivity contribution >= 4 is 11.7 Å². The number of urea groups is 1. The summed E-state index contributed by atoms with van der Waals surface area (Å²) < 4.78 is 20.0. The molecular formula is C21H26FN3O2. The summed E-state index contributed by atoms with van der Waals surface area (Å²) in [5, 5.41) is 5.56. The number of rotatable bonds is 5. The van der Waals surface area contributed by atoms with Gasteiger partial charge in [-0.05, 0) is 51.0 Å². The van der Waals surface area contributed by atoms with E-state index in [0.717, 1.165) is 25.9 Å². The van der Waals surface area contributed by atoms with Gasteiger partial charge in [-0.1, -0.05) is 24.3 Å². The van der Waals surface area contributed by atoms with Crippen molar-refractivity contribution in [2.24, 2.45) is 0 Å². The van der Waals surface area contributed by atoms with Gasteiger partial charge in [-0.3, -0.25) is 0 Å². The lowest BCUT2D eigenvalue weighted by Gasteiger charge is -2.34. The molecule has 1 saturated heterocycles. The highest BCUT2D eigenvalue weighted by Gasteiger charge is 2.23. The fourth-order valence-corrected chi connectivity index (χ4v) is 3.22. The Bertz CT molecular complexity index is 759. The molecule has 0 aromatic heterocycles. The zero-order valence-corrected chi connectivity index (χ0v) is 15.7. The molecular weight excluding hydrogens is 345 g/mol. The fourth-order valence-electron chi connectivity index (χ4n) is 3.22. The normalized spacial score (nSPS) is 15.6. The van der Waals surface area contributed by atoms with Crippen LogP contribution in [0.3, 0.4) is 0 Å². The first kappa shape index (κ1) is 19.2. The number of nitrogens with one attached hydrogen (secondary N) is 2. The Labute approximate surface area is 159 Å². The maximum atomic E-state index is 14.3. The van der Waals surface area contributed by atoms with Crippen molar-refractivity contribution in [3.8, 4) is 11.5 Å². The van der Waals surface area contributed by atoms with Crippen molar-refractivity contribution in [3.63, 3.8) is 0 Å². The van der Waals surface area contributed by atoms with E-state index < -0.39 is 11.8 Å². The Balaban J connectivity index is 1.62. The zero-order chi connectivity index (χ0) is 19.2. The Kier molecular flexibility index (Phi) is 6.29. The van der Waals surface area contributed by atoms with Gasteiger partial charge in [-0.15, -0.1) is 0 Å². The van der Waals surface area contributed by atoms with E-state index in [2.05, 4.69) is 29.4 Å². The standard InChI is InChI=1S/C21H26FN3O2/c1-15(2)25-13-11-16(12-14-25)23-21(26)24-20-18(22)9-6-10-19(20)27-17-7-4-3-5-8-17/h3-10,15-16H,11-14H2,1-2H3,(H2,23,24,26).